The number of aliphatic imine (C=N–C) groups is 1. The van der Waals surface area contributed by atoms with Crippen LogP contribution in [0.15, 0.2) is 107 Å². The molecule has 4 heteroatoms. The normalized spacial score (nSPS) is 11.9. The van der Waals surface area contributed by atoms with Crippen molar-refractivity contribution in [2.45, 2.75) is 11.8 Å². The highest BCUT2D eigenvalue weighted by atomic mass is 32.2. The number of ether oxygens (including phenoxy) is 2. The minimum Gasteiger partial charge on any atom is -0.497 e. The Morgan fingerprint density at radius 2 is 1.41 bits per heavy atom. The molecule has 0 fully saturated rings. The predicted molar refractivity (Wildman–Crippen MR) is 113 cm³/mol. The van der Waals surface area contributed by atoms with Gasteiger partial charge in [-0.25, -0.2) is 4.99 Å². The average Bonchev–Trinajstić information content (AvgIpc) is 2.73. The van der Waals surface area contributed by atoms with E-state index in [4.69, 9.17) is 14.5 Å². The summed E-state index contributed by atoms with van der Waals surface area (Å²) in [5.41, 5.74) is 1.86. The van der Waals surface area contributed by atoms with E-state index in [9.17, 15) is 0 Å². The minimum absolute atomic E-state index is 0.749. The molecule has 0 saturated heterocycles. The van der Waals surface area contributed by atoms with Gasteiger partial charge in [-0.1, -0.05) is 48.2 Å². The summed E-state index contributed by atoms with van der Waals surface area (Å²) in [4.78, 5) is 5.93. The van der Waals surface area contributed by atoms with Gasteiger partial charge in [0, 0.05) is 10.5 Å². The molecule has 0 aliphatic rings. The smallest absolute Gasteiger partial charge is 0.126 e. The van der Waals surface area contributed by atoms with Gasteiger partial charge in [0.25, 0.3) is 0 Å². The minimum atomic E-state index is 0.749. The lowest BCUT2D eigenvalue weighted by atomic mass is 10.3. The Bertz CT molecular complexity index is 904. The fraction of sp³-hybridized carbons (Fsp3) is 0.0870. The Morgan fingerprint density at radius 1 is 0.815 bits per heavy atom. The van der Waals surface area contributed by atoms with Crippen LogP contribution in [0, 0.1) is 0 Å². The van der Waals surface area contributed by atoms with Crippen LogP contribution >= 0.6 is 11.8 Å². The molecule has 3 nitrogen and oxygen atoms in total. The van der Waals surface area contributed by atoms with Crippen LogP contribution in [-0.4, -0.2) is 12.2 Å². The Labute approximate surface area is 164 Å². The van der Waals surface area contributed by atoms with Gasteiger partial charge < -0.3 is 9.47 Å². The van der Waals surface area contributed by atoms with Crippen molar-refractivity contribution in [3.8, 4) is 11.5 Å². The largest absolute Gasteiger partial charge is 0.497 e. The van der Waals surface area contributed by atoms with Gasteiger partial charge in [0.05, 0.1) is 19.1 Å². The van der Waals surface area contributed by atoms with Crippen molar-refractivity contribution in [3.05, 3.63) is 96.8 Å². The number of hydrogen-bond donors (Lipinski definition) is 0. The zero-order valence-electron chi connectivity index (χ0n) is 15.3. The van der Waals surface area contributed by atoms with Gasteiger partial charge in [-0.05, 0) is 55.5 Å². The second kappa shape index (κ2) is 9.64. The van der Waals surface area contributed by atoms with Crippen molar-refractivity contribution < 1.29 is 9.47 Å². The third kappa shape index (κ3) is 5.76. The van der Waals surface area contributed by atoms with E-state index < -0.39 is 0 Å². The summed E-state index contributed by atoms with van der Waals surface area (Å²) in [6, 6.07) is 27.6. The second-order valence-electron chi connectivity index (χ2n) is 5.76. The number of nitrogens with zero attached hydrogens (tertiary/aromatic N) is 1. The first-order chi connectivity index (χ1) is 13.2. The van der Waals surface area contributed by atoms with Gasteiger partial charge in [0.2, 0.25) is 0 Å². The van der Waals surface area contributed by atoms with Crippen molar-refractivity contribution in [2.24, 2.45) is 4.99 Å². The van der Waals surface area contributed by atoms with Crippen LogP contribution in [0.3, 0.4) is 0 Å². The maximum Gasteiger partial charge on any atom is 0.126 e. The molecule has 0 radical (unpaired) electrons. The van der Waals surface area contributed by atoms with Crippen LogP contribution in [0.5, 0.6) is 11.5 Å². The van der Waals surface area contributed by atoms with Crippen LogP contribution in [0.25, 0.3) is 0 Å². The van der Waals surface area contributed by atoms with Crippen molar-refractivity contribution in [1.29, 1.82) is 0 Å². The van der Waals surface area contributed by atoms with E-state index in [0.29, 0.717) is 0 Å². The maximum absolute atomic E-state index is 5.81. The van der Waals surface area contributed by atoms with Crippen molar-refractivity contribution in [1.82, 2.24) is 0 Å². The van der Waals surface area contributed by atoms with Crippen molar-refractivity contribution in [3.63, 3.8) is 0 Å². The molecule has 3 aromatic rings. The lowest BCUT2D eigenvalue weighted by Crippen LogP contribution is -1.97. The lowest BCUT2D eigenvalue weighted by Gasteiger charge is -2.08. The molecule has 0 amide bonds. The van der Waals surface area contributed by atoms with Gasteiger partial charge in [-0.2, -0.15) is 0 Å². The first-order valence-corrected chi connectivity index (χ1v) is 9.41. The topological polar surface area (TPSA) is 30.8 Å². The van der Waals surface area contributed by atoms with Crippen molar-refractivity contribution >= 4 is 22.5 Å². The number of rotatable bonds is 6. The predicted octanol–water partition coefficient (Wildman–Crippen LogP) is 6.50. The number of benzene rings is 3. The quantitative estimate of drug-likeness (QED) is 0.213. The first kappa shape index (κ1) is 18.8. The standard InChI is InChI=1S/C23H21NO2S/c1-18(17-26-21-15-13-20(25-2)14-16-21)23(24-19-9-5-3-6-10-19)27-22-11-7-4-8-12-22/h3-17H,1-2H3/b18-17?,24-23+. The summed E-state index contributed by atoms with van der Waals surface area (Å²) in [5, 5.41) is 0.890. The fourth-order valence-electron chi connectivity index (χ4n) is 2.27. The van der Waals surface area contributed by atoms with Gasteiger partial charge in [-0.15, -0.1) is 0 Å². The summed E-state index contributed by atoms with van der Waals surface area (Å²) < 4.78 is 11.0. The molecule has 0 spiro atoms. The Kier molecular flexibility index (Phi) is 6.72. The molecular weight excluding hydrogens is 354 g/mol. The Hall–Kier alpha value is -2.98. The second-order valence-corrected chi connectivity index (χ2v) is 6.82. The Morgan fingerprint density at radius 3 is 2.04 bits per heavy atom. The molecule has 3 aromatic carbocycles. The fourth-order valence-corrected chi connectivity index (χ4v) is 3.15. The van der Waals surface area contributed by atoms with E-state index in [1.165, 1.54) is 0 Å². The summed E-state index contributed by atoms with van der Waals surface area (Å²) in [7, 11) is 1.65. The maximum atomic E-state index is 5.81. The number of thioether (sulfide) groups is 1. The molecule has 0 aliphatic carbocycles. The van der Waals surface area contributed by atoms with E-state index in [1.807, 2.05) is 79.7 Å². The molecule has 27 heavy (non-hydrogen) atoms. The van der Waals surface area contributed by atoms with E-state index in [-0.39, 0.29) is 0 Å². The summed E-state index contributed by atoms with van der Waals surface area (Å²) in [6.07, 6.45) is 1.74. The van der Waals surface area contributed by atoms with Gasteiger partial charge in [0.15, 0.2) is 0 Å². The third-order valence-electron chi connectivity index (χ3n) is 3.71. The molecule has 0 unspecified atom stereocenters. The summed E-state index contributed by atoms with van der Waals surface area (Å²) in [5.74, 6) is 1.55. The van der Waals surface area contributed by atoms with Gasteiger partial charge >= 0.3 is 0 Å². The Balaban J connectivity index is 1.82. The highest BCUT2D eigenvalue weighted by Crippen LogP contribution is 2.27. The van der Waals surface area contributed by atoms with Gasteiger partial charge in [0.1, 0.15) is 16.5 Å². The van der Waals surface area contributed by atoms with Crippen molar-refractivity contribution in [2.75, 3.05) is 7.11 Å². The molecule has 136 valence electrons. The zero-order valence-corrected chi connectivity index (χ0v) is 16.1. The average molecular weight is 375 g/mol. The highest BCUT2D eigenvalue weighted by Gasteiger charge is 2.07. The highest BCUT2D eigenvalue weighted by molar-refractivity contribution is 8.14. The zero-order chi connectivity index (χ0) is 18.9. The van der Waals surface area contributed by atoms with Crippen LogP contribution in [0.2, 0.25) is 0 Å². The monoisotopic (exact) mass is 375 g/mol. The first-order valence-electron chi connectivity index (χ1n) is 8.59. The molecule has 0 heterocycles. The molecule has 0 saturated carbocycles. The number of methoxy groups -OCH3 is 1. The molecule has 0 aromatic heterocycles. The van der Waals surface area contributed by atoms with E-state index in [1.54, 1.807) is 25.1 Å². The van der Waals surface area contributed by atoms with E-state index in [0.717, 1.165) is 32.7 Å². The molecule has 0 bridgehead atoms. The SMILES string of the molecule is COc1ccc(OC=C(C)/C(=N\c2ccccc2)Sc2ccccc2)cc1. The van der Waals surface area contributed by atoms with E-state index >= 15 is 0 Å². The molecular formula is C23H21NO2S. The third-order valence-corrected chi connectivity index (χ3v) is 4.83. The summed E-state index contributed by atoms with van der Waals surface area (Å²) in [6.45, 7) is 2.00. The molecule has 0 N–H and O–H groups in total. The van der Waals surface area contributed by atoms with Crippen LogP contribution in [0.4, 0.5) is 5.69 Å². The summed E-state index contributed by atoms with van der Waals surface area (Å²) >= 11 is 1.61. The number of hydrogen-bond acceptors (Lipinski definition) is 4. The van der Waals surface area contributed by atoms with Crippen LogP contribution in [0.1, 0.15) is 6.92 Å². The van der Waals surface area contributed by atoms with Gasteiger partial charge in [-0.3, -0.25) is 0 Å². The molecule has 0 aliphatic heterocycles. The van der Waals surface area contributed by atoms with E-state index in [2.05, 4.69) is 12.1 Å². The van der Waals surface area contributed by atoms with Crippen LogP contribution < -0.4 is 9.47 Å². The number of para-hydroxylation sites is 1. The van der Waals surface area contributed by atoms with Crippen LogP contribution in [-0.2, 0) is 0 Å². The molecule has 3 rings (SSSR count). The lowest BCUT2D eigenvalue weighted by molar-refractivity contribution is 0.412. The molecule has 0 atom stereocenters.